The van der Waals surface area contributed by atoms with E-state index in [1.807, 2.05) is 7.05 Å². The topological polar surface area (TPSA) is 46.2 Å². The molecule has 2 rings (SSSR count). The van der Waals surface area contributed by atoms with Crippen molar-refractivity contribution in [3.8, 4) is 0 Å². The highest BCUT2D eigenvalue weighted by atomic mass is 35.5. The van der Waals surface area contributed by atoms with E-state index in [4.69, 9.17) is 11.6 Å². The van der Waals surface area contributed by atoms with Crippen LogP contribution >= 0.6 is 11.6 Å². The van der Waals surface area contributed by atoms with Crippen LogP contribution in [0.3, 0.4) is 0 Å². The van der Waals surface area contributed by atoms with E-state index in [1.54, 1.807) is 6.07 Å². The molecule has 0 bridgehead atoms. The number of halogens is 2. The van der Waals surface area contributed by atoms with E-state index in [2.05, 4.69) is 5.32 Å². The fraction of sp³-hybridized carbons (Fsp3) is 0.571. The smallest absolute Gasteiger partial charge is 0.150 e. The van der Waals surface area contributed by atoms with E-state index in [0.29, 0.717) is 17.9 Å². The van der Waals surface area contributed by atoms with Crippen LogP contribution in [-0.2, 0) is 16.3 Å². The predicted octanol–water partition coefficient (Wildman–Crippen LogP) is 2.29. The lowest BCUT2D eigenvalue weighted by Gasteiger charge is -2.23. The van der Waals surface area contributed by atoms with Crippen molar-refractivity contribution in [2.24, 2.45) is 11.8 Å². The van der Waals surface area contributed by atoms with E-state index in [-0.39, 0.29) is 29.2 Å². The molecule has 2 atom stereocenters. The molecule has 1 aromatic rings. The first-order valence-electron chi connectivity index (χ1n) is 6.70. The zero-order chi connectivity index (χ0) is 14.8. The largest absolute Gasteiger partial charge is 0.319 e. The summed E-state index contributed by atoms with van der Waals surface area (Å²) in [5.74, 6) is 0.508. The van der Waals surface area contributed by atoms with Crippen molar-refractivity contribution in [3.05, 3.63) is 34.6 Å². The van der Waals surface area contributed by atoms with E-state index >= 15 is 0 Å². The average molecular weight is 320 g/mol. The van der Waals surface area contributed by atoms with Crippen molar-refractivity contribution in [2.45, 2.75) is 12.8 Å². The van der Waals surface area contributed by atoms with Gasteiger partial charge in [0.05, 0.1) is 11.5 Å². The van der Waals surface area contributed by atoms with Gasteiger partial charge in [-0.15, -0.1) is 0 Å². The average Bonchev–Trinajstić information content (AvgIpc) is 2.72. The number of nitrogens with one attached hydrogen (secondary N) is 1. The molecule has 6 heteroatoms. The maximum Gasteiger partial charge on any atom is 0.150 e. The molecule has 1 aliphatic heterocycles. The Labute approximate surface area is 124 Å². The summed E-state index contributed by atoms with van der Waals surface area (Å²) in [5.41, 5.74) is 0.873. The Morgan fingerprint density at radius 2 is 2.25 bits per heavy atom. The molecule has 0 aliphatic carbocycles. The quantitative estimate of drug-likeness (QED) is 0.906. The second kappa shape index (κ2) is 6.41. The van der Waals surface area contributed by atoms with Gasteiger partial charge in [-0.1, -0.05) is 17.7 Å². The van der Waals surface area contributed by atoms with Gasteiger partial charge in [0.1, 0.15) is 5.82 Å². The highest BCUT2D eigenvalue weighted by Gasteiger charge is 2.33. The van der Waals surface area contributed by atoms with E-state index in [0.717, 1.165) is 12.1 Å². The zero-order valence-corrected chi connectivity index (χ0v) is 13.0. The number of rotatable bonds is 5. The summed E-state index contributed by atoms with van der Waals surface area (Å²) < 4.78 is 36.3. The Morgan fingerprint density at radius 1 is 1.50 bits per heavy atom. The van der Waals surface area contributed by atoms with Crippen LogP contribution in [0.15, 0.2) is 18.2 Å². The molecule has 0 amide bonds. The lowest BCUT2D eigenvalue weighted by Crippen LogP contribution is -2.28. The van der Waals surface area contributed by atoms with Crippen molar-refractivity contribution in [3.63, 3.8) is 0 Å². The minimum Gasteiger partial charge on any atom is -0.319 e. The van der Waals surface area contributed by atoms with Crippen LogP contribution in [0.2, 0.25) is 5.02 Å². The Hall–Kier alpha value is -0.650. The van der Waals surface area contributed by atoms with Crippen LogP contribution in [-0.4, -0.2) is 33.5 Å². The second-order valence-corrected chi connectivity index (χ2v) is 8.06. The van der Waals surface area contributed by atoms with Crippen LogP contribution in [0.1, 0.15) is 12.0 Å². The normalized spacial score (nSPS) is 22.9. The van der Waals surface area contributed by atoms with Gasteiger partial charge in [0.25, 0.3) is 0 Å². The fourth-order valence-electron chi connectivity index (χ4n) is 2.83. The molecule has 1 N–H and O–H groups in total. The van der Waals surface area contributed by atoms with Gasteiger partial charge in [-0.3, -0.25) is 0 Å². The molecule has 112 valence electrons. The second-order valence-electron chi connectivity index (χ2n) is 5.42. The van der Waals surface area contributed by atoms with Crippen molar-refractivity contribution < 1.29 is 12.8 Å². The summed E-state index contributed by atoms with van der Waals surface area (Å²) in [7, 11) is -1.04. The number of sulfone groups is 1. The van der Waals surface area contributed by atoms with Crippen LogP contribution in [0.5, 0.6) is 0 Å². The summed E-state index contributed by atoms with van der Waals surface area (Å²) >= 11 is 6.06. The van der Waals surface area contributed by atoms with E-state index < -0.39 is 9.84 Å². The molecule has 1 saturated heterocycles. The molecule has 1 fully saturated rings. The molecule has 3 nitrogen and oxygen atoms in total. The van der Waals surface area contributed by atoms with Crippen LogP contribution in [0.25, 0.3) is 0 Å². The Bertz CT molecular complexity index is 577. The first-order valence-corrected chi connectivity index (χ1v) is 8.90. The van der Waals surface area contributed by atoms with E-state index in [9.17, 15) is 12.8 Å². The van der Waals surface area contributed by atoms with Gasteiger partial charge in [-0.05, 0) is 56.0 Å². The lowest BCUT2D eigenvalue weighted by atomic mass is 9.86. The number of hydrogen-bond donors (Lipinski definition) is 1. The first kappa shape index (κ1) is 15.7. The molecule has 1 heterocycles. The SMILES string of the molecule is CNCC(Cc1ccc(F)cc1Cl)C1CCS(=O)(=O)C1. The molecular weight excluding hydrogens is 301 g/mol. The summed E-state index contributed by atoms with van der Waals surface area (Å²) in [6, 6.07) is 4.38. The van der Waals surface area contributed by atoms with Crippen LogP contribution in [0.4, 0.5) is 4.39 Å². The Morgan fingerprint density at radius 3 is 2.80 bits per heavy atom. The predicted molar refractivity (Wildman–Crippen MR) is 79.3 cm³/mol. The van der Waals surface area contributed by atoms with Crippen molar-refractivity contribution >= 4 is 21.4 Å². The van der Waals surface area contributed by atoms with Gasteiger partial charge < -0.3 is 5.32 Å². The van der Waals surface area contributed by atoms with Crippen molar-refractivity contribution in [1.29, 1.82) is 0 Å². The number of hydrogen-bond acceptors (Lipinski definition) is 3. The zero-order valence-electron chi connectivity index (χ0n) is 11.4. The molecule has 0 radical (unpaired) electrons. The molecule has 1 aromatic carbocycles. The number of benzene rings is 1. The molecule has 1 aliphatic rings. The molecular formula is C14H19ClFNO2S. The third-order valence-corrected chi connectivity index (χ3v) is 6.04. The molecule has 20 heavy (non-hydrogen) atoms. The summed E-state index contributed by atoms with van der Waals surface area (Å²) in [6.45, 7) is 0.730. The monoisotopic (exact) mass is 319 g/mol. The molecule has 0 saturated carbocycles. The van der Waals surface area contributed by atoms with Gasteiger partial charge >= 0.3 is 0 Å². The summed E-state index contributed by atoms with van der Waals surface area (Å²) in [5, 5.41) is 3.52. The van der Waals surface area contributed by atoms with Crippen molar-refractivity contribution in [1.82, 2.24) is 5.32 Å². The summed E-state index contributed by atoms with van der Waals surface area (Å²) in [6.07, 6.45) is 1.37. The summed E-state index contributed by atoms with van der Waals surface area (Å²) in [4.78, 5) is 0. The fourth-order valence-corrected chi connectivity index (χ4v) is 5.00. The van der Waals surface area contributed by atoms with Gasteiger partial charge in [-0.2, -0.15) is 0 Å². The maximum absolute atomic E-state index is 13.1. The maximum atomic E-state index is 13.1. The standard InChI is InChI=1S/C14H19ClFNO2S/c1-17-8-12(11-4-5-20(18,19)9-11)6-10-2-3-13(16)7-14(10)15/h2-3,7,11-12,17H,4-6,8-9H2,1H3. The first-order chi connectivity index (χ1) is 9.41. The minimum absolute atomic E-state index is 0.147. The van der Waals surface area contributed by atoms with Gasteiger partial charge in [0.15, 0.2) is 9.84 Å². The van der Waals surface area contributed by atoms with Gasteiger partial charge in [-0.25, -0.2) is 12.8 Å². The lowest BCUT2D eigenvalue weighted by molar-refractivity contribution is 0.352. The Balaban J connectivity index is 2.13. The van der Waals surface area contributed by atoms with Crippen molar-refractivity contribution in [2.75, 3.05) is 25.1 Å². The molecule has 0 aromatic heterocycles. The Kier molecular flexibility index (Phi) is 5.04. The van der Waals surface area contributed by atoms with Gasteiger partial charge in [0, 0.05) is 5.02 Å². The third-order valence-electron chi connectivity index (χ3n) is 3.90. The minimum atomic E-state index is -2.89. The van der Waals surface area contributed by atoms with Crippen LogP contribution in [0, 0.1) is 17.7 Å². The van der Waals surface area contributed by atoms with Crippen LogP contribution < -0.4 is 5.32 Å². The molecule has 2 unspecified atom stereocenters. The van der Waals surface area contributed by atoms with E-state index in [1.165, 1.54) is 12.1 Å². The molecule has 0 spiro atoms. The third kappa shape index (κ3) is 3.93. The highest BCUT2D eigenvalue weighted by molar-refractivity contribution is 7.91. The van der Waals surface area contributed by atoms with Gasteiger partial charge in [0.2, 0.25) is 0 Å². The highest BCUT2D eigenvalue weighted by Crippen LogP contribution is 2.30.